The van der Waals surface area contributed by atoms with E-state index in [1.165, 1.54) is 6.08 Å². The third-order valence-electron chi connectivity index (χ3n) is 8.70. The second-order valence-corrected chi connectivity index (χ2v) is 11.4. The molecule has 0 saturated carbocycles. The highest BCUT2D eigenvalue weighted by Gasteiger charge is 2.50. The molecule has 11 heteroatoms. The first-order chi connectivity index (χ1) is 20.8. The minimum absolute atomic E-state index is 0.0531. The summed E-state index contributed by atoms with van der Waals surface area (Å²) >= 11 is 0. The first-order valence-electron chi connectivity index (χ1n) is 14.6. The van der Waals surface area contributed by atoms with Gasteiger partial charge in [-0.3, -0.25) is 4.79 Å². The summed E-state index contributed by atoms with van der Waals surface area (Å²) in [4.78, 5) is 27.3. The quantitative estimate of drug-likeness (QED) is 0.372. The monoisotopic (exact) mass is 588 g/mol. The van der Waals surface area contributed by atoms with E-state index in [-0.39, 0.29) is 54.7 Å². The van der Waals surface area contributed by atoms with Crippen molar-refractivity contribution in [3.05, 3.63) is 66.2 Å². The molecule has 2 fully saturated rings. The number of anilines is 1. The zero-order valence-electron chi connectivity index (χ0n) is 24.1. The number of piperazine rings is 1. The van der Waals surface area contributed by atoms with Gasteiger partial charge >= 0.3 is 6.01 Å². The average molecular weight is 589 g/mol. The van der Waals surface area contributed by atoms with Crippen LogP contribution in [0, 0.1) is 11.3 Å². The Labute approximate surface area is 249 Å². The van der Waals surface area contributed by atoms with Crippen LogP contribution in [0.4, 0.5) is 14.6 Å². The average Bonchev–Trinajstić information content (AvgIpc) is 3.43. The number of hydrogen-bond acceptors (Lipinski definition) is 8. The number of nitriles is 1. The third-order valence-corrected chi connectivity index (χ3v) is 8.70. The molecular formula is C32H34F2N6O3. The number of nitrogens with zero attached hydrogens (tertiary/aromatic N) is 6. The molecule has 2 unspecified atom stereocenters. The summed E-state index contributed by atoms with van der Waals surface area (Å²) in [5.41, 5.74) is 0.570. The number of carbonyl (C=O) groups excluding carboxylic acids is 1. The highest BCUT2D eigenvalue weighted by atomic mass is 19.3. The molecule has 0 spiro atoms. The fourth-order valence-corrected chi connectivity index (χ4v) is 6.40. The third kappa shape index (κ3) is 5.59. The lowest BCUT2D eigenvalue weighted by Crippen LogP contribution is -2.55. The number of aromatic nitrogens is 2. The summed E-state index contributed by atoms with van der Waals surface area (Å²) < 4.78 is 44.3. The lowest BCUT2D eigenvalue weighted by Gasteiger charge is -2.42. The summed E-state index contributed by atoms with van der Waals surface area (Å²) in [5, 5.41) is 11.0. The molecule has 2 saturated heterocycles. The maximum atomic E-state index is 16.1. The molecule has 43 heavy (non-hydrogen) atoms. The molecule has 0 aliphatic carbocycles. The number of likely N-dealkylation sites (tertiary alicyclic amines) is 1. The summed E-state index contributed by atoms with van der Waals surface area (Å²) in [6.45, 7) is 5.76. The van der Waals surface area contributed by atoms with Gasteiger partial charge in [-0.1, -0.05) is 49.0 Å². The van der Waals surface area contributed by atoms with E-state index in [1.54, 1.807) is 17.0 Å². The fourth-order valence-electron chi connectivity index (χ4n) is 6.40. The van der Waals surface area contributed by atoms with Crippen LogP contribution in [0.15, 0.2) is 55.1 Å². The van der Waals surface area contributed by atoms with Gasteiger partial charge in [-0.05, 0) is 43.3 Å². The maximum Gasteiger partial charge on any atom is 0.321 e. The molecule has 3 aliphatic heterocycles. The fraction of sp³-hybridized carbons (Fsp3) is 0.438. The van der Waals surface area contributed by atoms with Gasteiger partial charge < -0.3 is 24.2 Å². The molecule has 3 aliphatic rings. The number of carbonyl (C=O) groups is 1. The SMILES string of the molecule is C=CC(=O)N1CCN(c2nc(OCC3CCCN3C)nc3c2CC(F)(F)C(c2cccc4ccccc24)O3)C[C@@H]1CC#N. The largest absolute Gasteiger partial charge is 0.463 e. The Balaban J connectivity index is 1.38. The topological polar surface area (TPSA) is 94.8 Å². The molecule has 0 N–H and O–H groups in total. The molecule has 3 aromatic rings. The van der Waals surface area contributed by atoms with Gasteiger partial charge in [-0.2, -0.15) is 15.2 Å². The smallest absolute Gasteiger partial charge is 0.321 e. The number of rotatable bonds is 7. The van der Waals surface area contributed by atoms with Crippen LogP contribution in [0.5, 0.6) is 11.9 Å². The van der Waals surface area contributed by atoms with Crippen molar-refractivity contribution in [1.29, 1.82) is 5.26 Å². The van der Waals surface area contributed by atoms with Crippen LogP contribution in [-0.4, -0.2) is 83.5 Å². The van der Waals surface area contributed by atoms with E-state index in [0.717, 1.165) is 24.8 Å². The number of likely N-dealkylation sites (N-methyl/N-ethyl adjacent to an activating group) is 1. The first kappa shape index (κ1) is 28.8. The van der Waals surface area contributed by atoms with Crippen LogP contribution in [0.3, 0.4) is 0 Å². The van der Waals surface area contributed by atoms with Crippen LogP contribution in [0.25, 0.3) is 10.8 Å². The van der Waals surface area contributed by atoms with Crippen LogP contribution >= 0.6 is 0 Å². The Bertz CT molecular complexity index is 1570. The minimum atomic E-state index is -3.27. The zero-order valence-corrected chi connectivity index (χ0v) is 24.1. The number of ether oxygens (including phenoxy) is 2. The normalized spacial score (nSPS) is 23.3. The van der Waals surface area contributed by atoms with Crippen LogP contribution in [-0.2, 0) is 11.2 Å². The lowest BCUT2D eigenvalue weighted by molar-refractivity contribution is -0.128. The number of fused-ring (bicyclic) bond motifs is 2. The van der Waals surface area contributed by atoms with Crippen molar-refractivity contribution >= 4 is 22.5 Å². The van der Waals surface area contributed by atoms with Gasteiger partial charge in [-0.15, -0.1) is 0 Å². The molecule has 2 aromatic carbocycles. The number of hydrogen-bond donors (Lipinski definition) is 0. The van der Waals surface area contributed by atoms with Gasteiger partial charge in [0.2, 0.25) is 11.8 Å². The number of amides is 1. The highest BCUT2D eigenvalue weighted by molar-refractivity contribution is 5.87. The molecule has 9 nitrogen and oxygen atoms in total. The van der Waals surface area contributed by atoms with Crippen molar-refractivity contribution in [2.24, 2.45) is 0 Å². The predicted octanol–water partition coefficient (Wildman–Crippen LogP) is 4.53. The second-order valence-electron chi connectivity index (χ2n) is 11.4. The molecule has 0 bridgehead atoms. The molecule has 1 amide bonds. The molecule has 4 heterocycles. The van der Waals surface area contributed by atoms with E-state index >= 15 is 8.78 Å². The summed E-state index contributed by atoms with van der Waals surface area (Å²) in [7, 11) is 2.04. The van der Waals surface area contributed by atoms with E-state index in [0.29, 0.717) is 24.1 Å². The Morgan fingerprint density at radius 3 is 2.77 bits per heavy atom. The van der Waals surface area contributed by atoms with Crippen LogP contribution in [0.1, 0.15) is 36.5 Å². The Morgan fingerprint density at radius 2 is 2.00 bits per heavy atom. The van der Waals surface area contributed by atoms with Crippen LogP contribution in [0.2, 0.25) is 0 Å². The number of halogens is 2. The van der Waals surface area contributed by atoms with Gasteiger partial charge in [0.1, 0.15) is 12.4 Å². The molecule has 3 atom stereocenters. The van der Waals surface area contributed by atoms with Crippen molar-refractivity contribution < 1.29 is 23.0 Å². The Morgan fingerprint density at radius 1 is 1.19 bits per heavy atom. The van der Waals surface area contributed by atoms with E-state index in [2.05, 4.69) is 27.5 Å². The van der Waals surface area contributed by atoms with Crippen molar-refractivity contribution in [2.75, 3.05) is 44.7 Å². The van der Waals surface area contributed by atoms with Crippen molar-refractivity contribution in [1.82, 2.24) is 19.8 Å². The van der Waals surface area contributed by atoms with Crippen molar-refractivity contribution in [3.63, 3.8) is 0 Å². The number of benzene rings is 2. The lowest BCUT2D eigenvalue weighted by atomic mass is 9.91. The number of alkyl halides is 2. The zero-order chi connectivity index (χ0) is 30.1. The van der Waals surface area contributed by atoms with Gasteiger partial charge in [-0.25, -0.2) is 8.78 Å². The molecule has 6 rings (SSSR count). The highest BCUT2D eigenvalue weighted by Crippen LogP contribution is 2.48. The van der Waals surface area contributed by atoms with Gasteiger partial charge in [0, 0.05) is 37.7 Å². The second kappa shape index (κ2) is 11.8. The Kier molecular flexibility index (Phi) is 7.88. The van der Waals surface area contributed by atoms with Gasteiger partial charge in [0.15, 0.2) is 6.10 Å². The van der Waals surface area contributed by atoms with Crippen molar-refractivity contribution in [3.8, 4) is 18.0 Å². The molecule has 0 radical (unpaired) electrons. The van der Waals surface area contributed by atoms with Crippen LogP contribution < -0.4 is 14.4 Å². The summed E-state index contributed by atoms with van der Waals surface area (Å²) in [6, 6.07) is 14.6. The maximum absolute atomic E-state index is 16.1. The Hall–Kier alpha value is -4.30. The summed E-state index contributed by atoms with van der Waals surface area (Å²) in [6.07, 6.45) is 1.16. The molecular weight excluding hydrogens is 554 g/mol. The predicted molar refractivity (Wildman–Crippen MR) is 157 cm³/mol. The first-order valence-corrected chi connectivity index (χ1v) is 14.6. The standard InChI is InChI=1S/C32H34F2N6O3/c1-3-27(41)40-17-16-39(19-22(40)13-14-35)29-26-18-32(33,34)28(25-12-6-9-21-8-4-5-11-24(21)25)43-30(26)37-31(36-29)42-20-23-10-7-15-38(23)2/h3-6,8-9,11-12,22-23,28H,1,7,10,13,15-20H2,2H3/t22-,23?,28?/m0/s1. The van der Waals surface area contributed by atoms with Gasteiger partial charge in [0.25, 0.3) is 5.92 Å². The van der Waals surface area contributed by atoms with E-state index < -0.39 is 24.5 Å². The summed E-state index contributed by atoms with van der Waals surface area (Å²) in [5.74, 6) is -3.20. The van der Waals surface area contributed by atoms with Gasteiger partial charge in [0.05, 0.1) is 24.1 Å². The van der Waals surface area contributed by atoms with E-state index in [1.807, 2.05) is 42.3 Å². The minimum Gasteiger partial charge on any atom is -0.463 e. The van der Waals surface area contributed by atoms with Crippen molar-refractivity contribution in [2.45, 2.75) is 49.8 Å². The molecule has 1 aromatic heterocycles. The van der Waals surface area contributed by atoms with E-state index in [4.69, 9.17) is 9.47 Å². The molecule has 224 valence electrons. The van der Waals surface area contributed by atoms with E-state index in [9.17, 15) is 10.1 Å².